The largest absolute Gasteiger partial charge is 0.357 e. The number of hydrogen-bond donors (Lipinski definition) is 2. The molecule has 1 aromatic heterocycles. The van der Waals surface area contributed by atoms with E-state index in [0.717, 1.165) is 30.4 Å². The summed E-state index contributed by atoms with van der Waals surface area (Å²) >= 11 is 2.06. The van der Waals surface area contributed by atoms with Crippen LogP contribution in [0.2, 0.25) is 0 Å². The van der Waals surface area contributed by atoms with Gasteiger partial charge in [-0.1, -0.05) is 18.2 Å². The first-order chi connectivity index (χ1) is 11.8. The van der Waals surface area contributed by atoms with Crippen LogP contribution in [0.3, 0.4) is 0 Å². The highest BCUT2D eigenvalue weighted by molar-refractivity contribution is 8.00. The Kier molecular flexibility index (Phi) is 6.18. The van der Waals surface area contributed by atoms with E-state index in [9.17, 15) is 0 Å². The average Bonchev–Trinajstić information content (AvgIpc) is 3.30. The van der Waals surface area contributed by atoms with Gasteiger partial charge in [0.2, 0.25) is 0 Å². The number of guanidine groups is 1. The lowest BCUT2D eigenvalue weighted by Gasteiger charge is -2.14. The summed E-state index contributed by atoms with van der Waals surface area (Å²) in [5, 5.41) is 12.1. The zero-order valence-corrected chi connectivity index (χ0v) is 14.9. The second kappa shape index (κ2) is 8.78. The van der Waals surface area contributed by atoms with Crippen molar-refractivity contribution in [3.8, 4) is 5.69 Å². The van der Waals surface area contributed by atoms with E-state index >= 15 is 0 Å². The summed E-state index contributed by atoms with van der Waals surface area (Å²) in [4.78, 5) is 4.66. The molecule has 6 heteroatoms. The molecule has 5 nitrogen and oxygen atoms in total. The molecule has 0 radical (unpaired) electrons. The van der Waals surface area contributed by atoms with Gasteiger partial charge in [0.25, 0.3) is 0 Å². The van der Waals surface area contributed by atoms with Crippen molar-refractivity contribution in [2.45, 2.75) is 31.6 Å². The molecule has 128 valence electrons. The first-order valence-corrected chi connectivity index (χ1v) is 9.64. The zero-order chi connectivity index (χ0) is 16.6. The SMILES string of the molecule is CCNC(=NCc1ccn(-c2ccccc2)n1)NCC1CCCS1. The number of thioether (sulfide) groups is 1. The number of hydrogen-bond acceptors (Lipinski definition) is 3. The maximum atomic E-state index is 4.66. The lowest BCUT2D eigenvalue weighted by Crippen LogP contribution is -2.40. The van der Waals surface area contributed by atoms with Gasteiger partial charge in [0, 0.05) is 24.5 Å². The Morgan fingerprint density at radius 1 is 1.29 bits per heavy atom. The maximum absolute atomic E-state index is 4.66. The smallest absolute Gasteiger partial charge is 0.191 e. The summed E-state index contributed by atoms with van der Waals surface area (Å²) in [6.45, 7) is 4.51. The van der Waals surface area contributed by atoms with Crippen LogP contribution in [0.5, 0.6) is 0 Å². The van der Waals surface area contributed by atoms with Gasteiger partial charge < -0.3 is 10.6 Å². The van der Waals surface area contributed by atoms with Gasteiger partial charge >= 0.3 is 0 Å². The van der Waals surface area contributed by atoms with Gasteiger partial charge in [0.15, 0.2) is 5.96 Å². The molecule has 1 aliphatic rings. The predicted octanol–water partition coefficient (Wildman–Crippen LogP) is 2.82. The molecule has 1 saturated heterocycles. The Balaban J connectivity index is 1.58. The maximum Gasteiger partial charge on any atom is 0.191 e. The highest BCUT2D eigenvalue weighted by Crippen LogP contribution is 2.25. The summed E-state index contributed by atoms with van der Waals surface area (Å²) in [6.07, 6.45) is 4.62. The summed E-state index contributed by atoms with van der Waals surface area (Å²) in [5.74, 6) is 2.16. The number of nitrogens with one attached hydrogen (secondary N) is 2. The Hall–Kier alpha value is -1.95. The molecule has 24 heavy (non-hydrogen) atoms. The van der Waals surface area contributed by atoms with E-state index in [1.54, 1.807) is 0 Å². The Bertz CT molecular complexity index is 646. The molecule has 2 N–H and O–H groups in total. The predicted molar refractivity (Wildman–Crippen MR) is 102 cm³/mol. The molecule has 1 aromatic carbocycles. The number of para-hydroxylation sites is 1. The van der Waals surface area contributed by atoms with E-state index < -0.39 is 0 Å². The fraction of sp³-hybridized carbons (Fsp3) is 0.444. The number of benzene rings is 1. The molecule has 3 rings (SSSR count). The number of rotatable bonds is 6. The molecular formula is C18H25N5S. The third-order valence-electron chi connectivity index (χ3n) is 3.93. The normalized spacial score (nSPS) is 17.9. The van der Waals surface area contributed by atoms with Crippen LogP contribution < -0.4 is 10.6 Å². The van der Waals surface area contributed by atoms with Gasteiger partial charge in [-0.2, -0.15) is 16.9 Å². The van der Waals surface area contributed by atoms with Gasteiger partial charge in [-0.3, -0.25) is 0 Å². The Labute approximate surface area is 147 Å². The van der Waals surface area contributed by atoms with E-state index in [1.165, 1.54) is 18.6 Å². The first kappa shape index (κ1) is 16.9. The van der Waals surface area contributed by atoms with Gasteiger partial charge in [-0.25, -0.2) is 9.67 Å². The van der Waals surface area contributed by atoms with Crippen molar-refractivity contribution in [3.63, 3.8) is 0 Å². The standard InChI is InChI=1S/C18H25N5S/c1-2-19-18(21-14-17-9-6-12-24-17)20-13-15-10-11-23(22-15)16-7-4-3-5-8-16/h3-5,7-8,10-11,17H,2,6,9,12-14H2,1H3,(H2,19,20,21). The van der Waals surface area contributed by atoms with Crippen LogP contribution in [0.15, 0.2) is 47.6 Å². The minimum absolute atomic E-state index is 0.576. The Morgan fingerprint density at radius 3 is 2.92 bits per heavy atom. The quantitative estimate of drug-likeness (QED) is 0.625. The molecule has 2 heterocycles. The molecular weight excluding hydrogens is 318 g/mol. The summed E-state index contributed by atoms with van der Waals surface area (Å²) in [7, 11) is 0. The van der Waals surface area contributed by atoms with E-state index in [-0.39, 0.29) is 0 Å². The molecule has 1 atom stereocenters. The summed E-state index contributed by atoms with van der Waals surface area (Å²) in [5.41, 5.74) is 2.03. The highest BCUT2D eigenvalue weighted by Gasteiger charge is 2.15. The van der Waals surface area contributed by atoms with Crippen molar-refractivity contribution in [2.75, 3.05) is 18.8 Å². The third-order valence-corrected chi connectivity index (χ3v) is 5.33. The summed E-state index contributed by atoms with van der Waals surface area (Å²) in [6, 6.07) is 12.2. The molecule has 0 bridgehead atoms. The lowest BCUT2D eigenvalue weighted by molar-refractivity contribution is 0.725. The van der Waals surface area contributed by atoms with Gasteiger partial charge in [0.05, 0.1) is 17.9 Å². The minimum Gasteiger partial charge on any atom is -0.357 e. The molecule has 0 saturated carbocycles. The molecule has 1 fully saturated rings. The van der Waals surface area contributed by atoms with Crippen LogP contribution in [0.4, 0.5) is 0 Å². The molecule has 0 spiro atoms. The van der Waals surface area contributed by atoms with Crippen molar-refractivity contribution in [1.82, 2.24) is 20.4 Å². The van der Waals surface area contributed by atoms with Gasteiger partial charge in [0.1, 0.15) is 0 Å². The van der Waals surface area contributed by atoms with Crippen molar-refractivity contribution in [2.24, 2.45) is 4.99 Å². The molecule has 0 aliphatic carbocycles. The number of nitrogens with zero attached hydrogens (tertiary/aromatic N) is 3. The van der Waals surface area contributed by atoms with E-state index in [4.69, 9.17) is 0 Å². The van der Waals surface area contributed by atoms with Crippen LogP contribution >= 0.6 is 11.8 Å². The fourth-order valence-corrected chi connectivity index (χ4v) is 3.89. The van der Waals surface area contributed by atoms with E-state index in [0.29, 0.717) is 11.8 Å². The molecule has 1 unspecified atom stereocenters. The lowest BCUT2D eigenvalue weighted by atomic mass is 10.2. The van der Waals surface area contributed by atoms with Crippen LogP contribution in [-0.4, -0.2) is 39.8 Å². The van der Waals surface area contributed by atoms with Crippen molar-refractivity contribution >= 4 is 17.7 Å². The van der Waals surface area contributed by atoms with Gasteiger partial charge in [-0.15, -0.1) is 0 Å². The van der Waals surface area contributed by atoms with E-state index in [2.05, 4.69) is 39.4 Å². The number of aromatic nitrogens is 2. The summed E-state index contributed by atoms with van der Waals surface area (Å²) < 4.78 is 1.89. The van der Waals surface area contributed by atoms with E-state index in [1.807, 2.05) is 47.3 Å². The molecule has 1 aliphatic heterocycles. The first-order valence-electron chi connectivity index (χ1n) is 8.59. The molecule has 2 aromatic rings. The number of aliphatic imine (C=N–C) groups is 1. The van der Waals surface area contributed by atoms with Crippen LogP contribution in [0.1, 0.15) is 25.5 Å². The topological polar surface area (TPSA) is 54.2 Å². The second-order valence-corrected chi connectivity index (χ2v) is 7.21. The third kappa shape index (κ3) is 4.77. The average molecular weight is 344 g/mol. The fourth-order valence-electron chi connectivity index (χ4n) is 2.69. The Morgan fingerprint density at radius 2 is 2.17 bits per heavy atom. The van der Waals surface area contributed by atoms with Gasteiger partial charge in [-0.05, 0) is 43.7 Å². The molecule has 0 amide bonds. The van der Waals surface area contributed by atoms with Crippen LogP contribution in [0, 0.1) is 0 Å². The van der Waals surface area contributed by atoms with Crippen molar-refractivity contribution < 1.29 is 0 Å². The van der Waals surface area contributed by atoms with Crippen molar-refractivity contribution in [3.05, 3.63) is 48.3 Å². The monoisotopic (exact) mass is 343 g/mol. The highest BCUT2D eigenvalue weighted by atomic mass is 32.2. The second-order valence-electron chi connectivity index (χ2n) is 5.80. The minimum atomic E-state index is 0.576. The van der Waals surface area contributed by atoms with Crippen LogP contribution in [0.25, 0.3) is 5.69 Å². The van der Waals surface area contributed by atoms with Crippen molar-refractivity contribution in [1.29, 1.82) is 0 Å². The van der Waals surface area contributed by atoms with Crippen LogP contribution in [-0.2, 0) is 6.54 Å². The zero-order valence-electron chi connectivity index (χ0n) is 14.1.